The average molecular weight is 350 g/mol. The van der Waals surface area contributed by atoms with Gasteiger partial charge in [0.05, 0.1) is 5.69 Å². The Hall–Kier alpha value is -2.99. The lowest BCUT2D eigenvalue weighted by Gasteiger charge is -2.27. The Morgan fingerprint density at radius 3 is 2.69 bits per heavy atom. The Morgan fingerprint density at radius 2 is 1.92 bits per heavy atom. The van der Waals surface area contributed by atoms with Crippen LogP contribution in [0.3, 0.4) is 0 Å². The van der Waals surface area contributed by atoms with E-state index in [1.165, 1.54) is 6.07 Å². The third-order valence-corrected chi connectivity index (χ3v) is 4.69. The quantitative estimate of drug-likeness (QED) is 0.712. The summed E-state index contributed by atoms with van der Waals surface area (Å²) in [5, 5.41) is 0. The van der Waals surface area contributed by atoms with E-state index in [0.717, 1.165) is 11.3 Å². The van der Waals surface area contributed by atoms with Crippen LogP contribution >= 0.6 is 0 Å². The first kappa shape index (κ1) is 16.5. The third-order valence-electron chi connectivity index (χ3n) is 4.69. The second-order valence-electron chi connectivity index (χ2n) is 6.51. The first-order valence-corrected chi connectivity index (χ1v) is 8.54. The van der Waals surface area contributed by atoms with Gasteiger partial charge >= 0.3 is 0 Å². The van der Waals surface area contributed by atoms with Crippen LogP contribution in [0.2, 0.25) is 0 Å². The highest BCUT2D eigenvalue weighted by molar-refractivity contribution is 5.58. The van der Waals surface area contributed by atoms with Gasteiger partial charge in [-0.15, -0.1) is 0 Å². The van der Waals surface area contributed by atoms with Gasteiger partial charge in [0, 0.05) is 42.0 Å². The molecule has 0 amide bonds. The number of nitrogens with two attached hydrogens (primary N) is 1. The second-order valence-corrected chi connectivity index (χ2v) is 6.51. The maximum atomic E-state index is 13.9. The molecule has 0 aliphatic carbocycles. The Labute approximate surface area is 150 Å². The largest absolute Gasteiger partial charge is 0.399 e. The van der Waals surface area contributed by atoms with Crippen molar-refractivity contribution in [2.45, 2.75) is 19.5 Å². The monoisotopic (exact) mass is 350 g/mol. The molecular formula is C20H19FN4O. The number of benzene rings is 2. The first-order chi connectivity index (χ1) is 12.6. The average Bonchev–Trinajstić information content (AvgIpc) is 2.64. The first-order valence-electron chi connectivity index (χ1n) is 8.54. The van der Waals surface area contributed by atoms with Gasteiger partial charge in [0.1, 0.15) is 11.6 Å². The molecule has 26 heavy (non-hydrogen) atoms. The molecule has 1 aromatic heterocycles. The summed E-state index contributed by atoms with van der Waals surface area (Å²) in [5.74, 6) is 0.321. The summed E-state index contributed by atoms with van der Waals surface area (Å²) in [6.45, 7) is 1.72. The number of hydrogen-bond acceptors (Lipinski definition) is 4. The summed E-state index contributed by atoms with van der Waals surface area (Å²) >= 11 is 0. The summed E-state index contributed by atoms with van der Waals surface area (Å²) in [4.78, 5) is 22.1. The maximum Gasteiger partial charge on any atom is 0.254 e. The van der Waals surface area contributed by atoms with Crippen LogP contribution in [0.1, 0.15) is 16.8 Å². The molecule has 0 radical (unpaired) electrons. The molecule has 0 fully saturated rings. The molecule has 5 nitrogen and oxygen atoms in total. The van der Waals surface area contributed by atoms with Crippen LogP contribution in [-0.2, 0) is 19.5 Å². The summed E-state index contributed by atoms with van der Waals surface area (Å²) in [6.07, 6.45) is 0.605. The zero-order chi connectivity index (χ0) is 18.1. The second kappa shape index (κ2) is 6.72. The van der Waals surface area contributed by atoms with E-state index in [9.17, 15) is 9.18 Å². The molecule has 1 aliphatic rings. The molecule has 0 unspecified atom stereocenters. The topological polar surface area (TPSA) is 75.0 Å². The van der Waals surface area contributed by atoms with E-state index in [4.69, 9.17) is 5.73 Å². The van der Waals surface area contributed by atoms with Crippen molar-refractivity contribution in [2.24, 2.45) is 0 Å². The molecule has 0 atom stereocenters. The summed E-state index contributed by atoms with van der Waals surface area (Å²) in [6, 6.07) is 14.0. The number of hydrogen-bond donors (Lipinski definition) is 2. The van der Waals surface area contributed by atoms with E-state index < -0.39 is 0 Å². The van der Waals surface area contributed by atoms with Crippen LogP contribution in [0.4, 0.5) is 10.1 Å². The van der Waals surface area contributed by atoms with Gasteiger partial charge in [-0.05, 0) is 36.8 Å². The fraction of sp³-hybridized carbons (Fsp3) is 0.200. The van der Waals surface area contributed by atoms with Crippen molar-refractivity contribution in [3.05, 3.63) is 81.5 Å². The molecule has 0 saturated carbocycles. The summed E-state index contributed by atoms with van der Waals surface area (Å²) in [5.41, 5.74) is 9.21. The lowest BCUT2D eigenvalue weighted by Crippen LogP contribution is -2.35. The van der Waals surface area contributed by atoms with E-state index in [1.807, 2.05) is 18.2 Å². The minimum atomic E-state index is -0.209. The lowest BCUT2D eigenvalue weighted by atomic mass is 10.0. The maximum absolute atomic E-state index is 13.9. The van der Waals surface area contributed by atoms with Gasteiger partial charge in [0.15, 0.2) is 0 Å². The van der Waals surface area contributed by atoms with E-state index in [2.05, 4.69) is 14.9 Å². The Kier molecular flexibility index (Phi) is 4.26. The minimum absolute atomic E-state index is 0.104. The van der Waals surface area contributed by atoms with Crippen LogP contribution in [0.25, 0.3) is 11.4 Å². The molecule has 0 saturated heterocycles. The van der Waals surface area contributed by atoms with Crippen LogP contribution in [0.5, 0.6) is 0 Å². The fourth-order valence-electron chi connectivity index (χ4n) is 3.27. The molecule has 1 aliphatic heterocycles. The fourth-order valence-corrected chi connectivity index (χ4v) is 3.27. The highest BCUT2D eigenvalue weighted by Crippen LogP contribution is 2.21. The zero-order valence-corrected chi connectivity index (χ0v) is 14.2. The highest BCUT2D eigenvalue weighted by Gasteiger charge is 2.22. The lowest BCUT2D eigenvalue weighted by molar-refractivity contribution is 0.237. The van der Waals surface area contributed by atoms with Crippen LogP contribution in [-0.4, -0.2) is 21.4 Å². The third kappa shape index (κ3) is 3.23. The zero-order valence-electron chi connectivity index (χ0n) is 14.2. The summed E-state index contributed by atoms with van der Waals surface area (Å²) in [7, 11) is 0. The molecule has 2 heterocycles. The molecule has 0 spiro atoms. The molecule has 3 aromatic rings. The number of nitrogens with one attached hydrogen (secondary N) is 1. The van der Waals surface area contributed by atoms with Gasteiger partial charge in [-0.3, -0.25) is 9.69 Å². The molecule has 6 heteroatoms. The Morgan fingerprint density at radius 1 is 1.15 bits per heavy atom. The smallest absolute Gasteiger partial charge is 0.254 e. The Balaban J connectivity index is 1.62. The number of aromatic nitrogens is 2. The number of H-pyrrole nitrogens is 1. The number of nitrogens with zero attached hydrogens (tertiary/aromatic N) is 2. The number of nitrogen functional groups attached to an aromatic ring is 1. The van der Waals surface area contributed by atoms with Gasteiger partial charge in [-0.2, -0.15) is 0 Å². The van der Waals surface area contributed by atoms with Crippen molar-refractivity contribution < 1.29 is 4.39 Å². The number of aromatic amines is 1. The normalized spacial score (nSPS) is 14.2. The van der Waals surface area contributed by atoms with Crippen LogP contribution in [0, 0.1) is 5.82 Å². The van der Waals surface area contributed by atoms with Crippen molar-refractivity contribution in [1.82, 2.24) is 14.9 Å². The molecule has 132 valence electrons. The number of anilines is 1. The van der Waals surface area contributed by atoms with Crippen molar-refractivity contribution in [1.29, 1.82) is 0 Å². The van der Waals surface area contributed by atoms with Gasteiger partial charge < -0.3 is 10.7 Å². The van der Waals surface area contributed by atoms with E-state index in [1.54, 1.807) is 24.3 Å². The van der Waals surface area contributed by atoms with Gasteiger partial charge in [-0.25, -0.2) is 9.37 Å². The number of fused-ring (bicyclic) bond motifs is 1. The number of halogens is 1. The van der Waals surface area contributed by atoms with Crippen molar-refractivity contribution in [3.63, 3.8) is 0 Å². The van der Waals surface area contributed by atoms with Gasteiger partial charge in [-0.1, -0.05) is 18.2 Å². The molecule has 3 N–H and O–H groups in total. The molecular weight excluding hydrogens is 331 g/mol. The minimum Gasteiger partial charge on any atom is -0.399 e. The number of rotatable bonds is 3. The summed E-state index contributed by atoms with van der Waals surface area (Å²) < 4.78 is 13.9. The van der Waals surface area contributed by atoms with E-state index in [-0.39, 0.29) is 11.4 Å². The Bertz CT molecular complexity index is 997. The molecule has 4 rings (SSSR count). The molecule has 2 aromatic carbocycles. The SMILES string of the molecule is Nc1ccc(-c2nc3c(c(=O)[nH]2)CCN(Cc2ccccc2F)C3)cc1. The van der Waals surface area contributed by atoms with Crippen LogP contribution < -0.4 is 11.3 Å². The van der Waals surface area contributed by atoms with Gasteiger partial charge in [0.25, 0.3) is 5.56 Å². The van der Waals surface area contributed by atoms with Crippen molar-refractivity contribution in [2.75, 3.05) is 12.3 Å². The van der Waals surface area contributed by atoms with Crippen molar-refractivity contribution in [3.8, 4) is 11.4 Å². The van der Waals surface area contributed by atoms with Crippen molar-refractivity contribution >= 4 is 5.69 Å². The molecule has 0 bridgehead atoms. The standard InChI is InChI=1S/C20H19FN4O/c21-17-4-2-1-3-14(17)11-25-10-9-16-18(12-25)23-19(24-20(16)26)13-5-7-15(22)8-6-13/h1-8H,9-12,22H2,(H,23,24,26). The predicted molar refractivity (Wildman–Crippen MR) is 98.9 cm³/mol. The predicted octanol–water partition coefficient (Wildman–Crippen LogP) is 2.72. The van der Waals surface area contributed by atoms with E-state index >= 15 is 0 Å². The van der Waals surface area contributed by atoms with Gasteiger partial charge in [0.2, 0.25) is 0 Å². The van der Waals surface area contributed by atoms with Crippen LogP contribution in [0.15, 0.2) is 53.3 Å². The highest BCUT2D eigenvalue weighted by atomic mass is 19.1. The van der Waals surface area contributed by atoms with E-state index in [0.29, 0.717) is 48.7 Å².